The highest BCUT2D eigenvalue weighted by Gasteiger charge is 2.52. The molecule has 6 aromatic rings. The first-order valence-corrected chi connectivity index (χ1v) is 15.8. The second kappa shape index (κ2) is 11.2. The smallest absolute Gasteiger partial charge is 0.450 e. The number of hydrogen-bond acceptors (Lipinski definition) is 6. The number of hydrogen-bond donors (Lipinski definition) is 0. The third-order valence-corrected chi connectivity index (χ3v) is 9.23. The van der Waals surface area contributed by atoms with E-state index in [2.05, 4.69) is 58.0 Å². The van der Waals surface area contributed by atoms with Crippen LogP contribution in [0.4, 0.5) is 0 Å². The highest BCUT2D eigenvalue weighted by Crippen LogP contribution is 2.46. The Morgan fingerprint density at radius 1 is 0.468 bits per heavy atom. The minimum atomic E-state index is -0.604. The summed E-state index contributed by atoms with van der Waals surface area (Å²) in [6.07, 6.45) is 0. The first-order chi connectivity index (χ1) is 22.7. The van der Waals surface area contributed by atoms with Crippen molar-refractivity contribution in [3.05, 3.63) is 127 Å². The third-order valence-electron chi connectivity index (χ3n) is 9.23. The molecule has 0 saturated carbocycles. The Bertz CT molecular complexity index is 2040. The van der Waals surface area contributed by atoms with Gasteiger partial charge in [-0.1, -0.05) is 97.1 Å². The summed E-state index contributed by atoms with van der Waals surface area (Å²) in [6, 6.07) is 42.4. The van der Waals surface area contributed by atoms with Crippen LogP contribution in [0.3, 0.4) is 0 Å². The Morgan fingerprint density at radius 2 is 1.00 bits per heavy atom. The van der Waals surface area contributed by atoms with Crippen LogP contribution in [0.2, 0.25) is 0 Å². The topological polar surface area (TPSA) is 62.7 Å². The molecule has 0 atom stereocenters. The molecule has 8 rings (SSSR count). The van der Waals surface area contributed by atoms with Crippen LogP contribution in [0.5, 0.6) is 23.0 Å². The van der Waals surface area contributed by atoms with Crippen LogP contribution in [-0.2, 0) is 9.31 Å². The summed E-state index contributed by atoms with van der Waals surface area (Å²) in [5, 5.41) is 0. The first kappa shape index (κ1) is 29.2. The molecule has 0 amide bonds. The van der Waals surface area contributed by atoms with Gasteiger partial charge in [-0.15, -0.1) is 0 Å². The van der Waals surface area contributed by atoms with Gasteiger partial charge in [-0.25, -0.2) is 9.97 Å². The molecule has 2 aliphatic rings. The predicted molar refractivity (Wildman–Crippen MR) is 186 cm³/mol. The largest absolute Gasteiger partial charge is 0.495 e. The van der Waals surface area contributed by atoms with Gasteiger partial charge in [0.2, 0.25) is 0 Å². The monoisotopic (exact) mass is 616 g/mol. The Morgan fingerprint density at radius 3 is 1.66 bits per heavy atom. The van der Waals surface area contributed by atoms with Crippen LogP contribution in [0.1, 0.15) is 27.7 Å². The highest BCUT2D eigenvalue weighted by molar-refractivity contribution is 6.64. The van der Waals surface area contributed by atoms with Gasteiger partial charge in [0.25, 0.3) is 0 Å². The highest BCUT2D eigenvalue weighted by atomic mass is 16.7. The quantitative estimate of drug-likeness (QED) is 0.180. The van der Waals surface area contributed by atoms with Crippen LogP contribution in [-0.4, -0.2) is 28.3 Å². The van der Waals surface area contributed by atoms with Crippen molar-refractivity contribution < 1.29 is 18.8 Å². The van der Waals surface area contributed by atoms with Gasteiger partial charge < -0.3 is 18.8 Å². The number of para-hydroxylation sites is 2. The standard InChI is InChI=1S/C40H33BN2O4/c1-39(2)40(3,4)47-41(46-39)31-23-29(19-21-30(31)28-20-22-36-37(24-28)45-35-18-12-11-17-34(35)44-36)33-25-32(26-13-7-5-8-14-26)42-38(43-33)27-15-9-6-10-16-27/h5-25H,1-4H3. The molecule has 2 aliphatic heterocycles. The van der Waals surface area contributed by atoms with E-state index in [4.69, 9.17) is 28.8 Å². The fourth-order valence-electron chi connectivity index (χ4n) is 5.91. The van der Waals surface area contributed by atoms with Crippen molar-refractivity contribution in [2.45, 2.75) is 38.9 Å². The molecule has 0 bridgehead atoms. The number of fused-ring (bicyclic) bond motifs is 2. The molecule has 6 nitrogen and oxygen atoms in total. The maximum Gasteiger partial charge on any atom is 0.495 e. The zero-order chi connectivity index (χ0) is 32.2. The minimum absolute atomic E-state index is 0.517. The second-order valence-electron chi connectivity index (χ2n) is 12.9. The lowest BCUT2D eigenvalue weighted by atomic mass is 9.73. The number of aromatic nitrogens is 2. The van der Waals surface area contributed by atoms with Crippen molar-refractivity contribution in [2.24, 2.45) is 0 Å². The summed E-state index contributed by atoms with van der Waals surface area (Å²) in [4.78, 5) is 10.0. The van der Waals surface area contributed by atoms with Gasteiger partial charge >= 0.3 is 7.12 Å². The van der Waals surface area contributed by atoms with E-state index in [1.165, 1.54) is 0 Å². The van der Waals surface area contributed by atoms with E-state index in [9.17, 15) is 0 Å². The van der Waals surface area contributed by atoms with Gasteiger partial charge in [0.1, 0.15) is 0 Å². The van der Waals surface area contributed by atoms with Crippen LogP contribution in [0, 0.1) is 0 Å². The summed E-state index contributed by atoms with van der Waals surface area (Å²) in [5.41, 5.74) is 6.36. The molecule has 1 fully saturated rings. The lowest BCUT2D eigenvalue weighted by molar-refractivity contribution is 0.00578. The molecule has 0 spiro atoms. The van der Waals surface area contributed by atoms with E-state index >= 15 is 0 Å². The van der Waals surface area contributed by atoms with Crippen molar-refractivity contribution in [1.29, 1.82) is 0 Å². The van der Waals surface area contributed by atoms with Crippen molar-refractivity contribution in [3.63, 3.8) is 0 Å². The van der Waals surface area contributed by atoms with Crippen molar-refractivity contribution in [2.75, 3.05) is 0 Å². The van der Waals surface area contributed by atoms with Gasteiger partial charge in [-0.3, -0.25) is 0 Å². The first-order valence-electron chi connectivity index (χ1n) is 15.8. The van der Waals surface area contributed by atoms with E-state index in [1.807, 2.05) is 97.1 Å². The molecule has 0 unspecified atom stereocenters. The van der Waals surface area contributed by atoms with Crippen LogP contribution in [0.15, 0.2) is 127 Å². The van der Waals surface area contributed by atoms with Crippen LogP contribution >= 0.6 is 0 Å². The SMILES string of the molecule is CC1(C)OB(c2cc(-c3cc(-c4ccccc4)nc(-c4ccccc4)n3)ccc2-c2ccc3c(c2)Oc2ccccc2O3)OC1(C)C. The average Bonchev–Trinajstić information content (AvgIpc) is 3.33. The molecule has 3 heterocycles. The summed E-state index contributed by atoms with van der Waals surface area (Å²) >= 11 is 0. The lowest BCUT2D eigenvalue weighted by Gasteiger charge is -2.32. The van der Waals surface area contributed by atoms with Crippen LogP contribution < -0.4 is 14.9 Å². The molecule has 230 valence electrons. The molecule has 1 saturated heterocycles. The van der Waals surface area contributed by atoms with Crippen molar-refractivity contribution >= 4 is 12.6 Å². The number of nitrogens with zero attached hydrogens (tertiary/aromatic N) is 2. The lowest BCUT2D eigenvalue weighted by Crippen LogP contribution is -2.41. The molecule has 5 aromatic carbocycles. The molecule has 7 heteroatoms. The second-order valence-corrected chi connectivity index (χ2v) is 12.9. The van der Waals surface area contributed by atoms with Gasteiger partial charge in [-0.2, -0.15) is 0 Å². The molecule has 1 aromatic heterocycles. The molecular weight excluding hydrogens is 583 g/mol. The molecular formula is C40H33BN2O4. The fraction of sp³-hybridized carbons (Fsp3) is 0.150. The van der Waals surface area contributed by atoms with Crippen molar-refractivity contribution in [3.8, 4) is 68.0 Å². The molecule has 0 radical (unpaired) electrons. The Labute approximate surface area is 275 Å². The third kappa shape index (κ3) is 5.37. The average molecular weight is 617 g/mol. The maximum atomic E-state index is 6.64. The molecule has 0 N–H and O–H groups in total. The Kier molecular flexibility index (Phi) is 6.97. The normalized spacial score (nSPS) is 15.7. The summed E-state index contributed by atoms with van der Waals surface area (Å²) in [7, 11) is -0.604. The minimum Gasteiger partial charge on any atom is -0.450 e. The van der Waals surface area contributed by atoms with E-state index in [0.717, 1.165) is 44.7 Å². The predicted octanol–water partition coefficient (Wildman–Crippen LogP) is 9.34. The van der Waals surface area contributed by atoms with Crippen LogP contribution in [0.25, 0.3) is 45.0 Å². The van der Waals surface area contributed by atoms with Gasteiger partial charge in [-0.05, 0) is 80.2 Å². The fourth-order valence-corrected chi connectivity index (χ4v) is 5.91. The number of rotatable bonds is 5. The van der Waals surface area contributed by atoms with E-state index in [0.29, 0.717) is 28.8 Å². The molecule has 47 heavy (non-hydrogen) atoms. The number of ether oxygens (including phenoxy) is 2. The zero-order valence-corrected chi connectivity index (χ0v) is 26.7. The van der Waals surface area contributed by atoms with E-state index < -0.39 is 18.3 Å². The summed E-state index contributed by atoms with van der Waals surface area (Å²) < 4.78 is 25.7. The maximum absolute atomic E-state index is 6.64. The van der Waals surface area contributed by atoms with Crippen molar-refractivity contribution in [1.82, 2.24) is 9.97 Å². The van der Waals surface area contributed by atoms with Gasteiger partial charge in [0.05, 0.1) is 22.6 Å². The summed E-state index contributed by atoms with van der Waals surface area (Å²) in [5.74, 6) is 3.37. The zero-order valence-electron chi connectivity index (χ0n) is 26.7. The number of benzene rings is 5. The van der Waals surface area contributed by atoms with E-state index in [-0.39, 0.29) is 0 Å². The van der Waals surface area contributed by atoms with E-state index in [1.54, 1.807) is 0 Å². The van der Waals surface area contributed by atoms with Gasteiger partial charge in [0.15, 0.2) is 28.8 Å². The summed E-state index contributed by atoms with van der Waals surface area (Å²) in [6.45, 7) is 8.28. The Balaban J connectivity index is 1.27. The van der Waals surface area contributed by atoms with Gasteiger partial charge in [0, 0.05) is 11.1 Å². The molecule has 0 aliphatic carbocycles. The Hall–Kier alpha value is -5.24.